The number of pyridine rings is 1. The standard InChI is InChI=1S/C29H39N7O/c1-18(2)32-27(37)24-17-31-28(35-26(24)33-22-12-13-30-25(16-22)29(3,4)5)34-21-10-8-19-9-11-23(36(6)7)15-20(19)14-21/h8,10,12-14,16-18,23H,9,11,15H2,1-7H3,(H,32,37)(H2,30,31,33,34,35). The normalized spacial score (nSPS) is 15.4. The summed E-state index contributed by atoms with van der Waals surface area (Å²) in [7, 11) is 4.29. The minimum atomic E-state index is -0.224. The lowest BCUT2D eigenvalue weighted by molar-refractivity contribution is 0.0943. The van der Waals surface area contributed by atoms with Crippen LogP contribution in [-0.4, -0.2) is 51.9 Å². The second kappa shape index (κ2) is 10.8. The fourth-order valence-corrected chi connectivity index (χ4v) is 4.48. The minimum absolute atomic E-state index is 0.00643. The molecular formula is C29H39N7O. The smallest absolute Gasteiger partial charge is 0.256 e. The molecule has 2 heterocycles. The van der Waals surface area contributed by atoms with E-state index in [1.54, 1.807) is 12.4 Å². The van der Waals surface area contributed by atoms with E-state index in [1.807, 2.05) is 26.0 Å². The molecule has 0 bridgehead atoms. The molecular weight excluding hydrogens is 462 g/mol. The van der Waals surface area contributed by atoms with Gasteiger partial charge in [-0.15, -0.1) is 0 Å². The third-order valence-electron chi connectivity index (χ3n) is 6.64. The predicted molar refractivity (Wildman–Crippen MR) is 150 cm³/mol. The average molecular weight is 502 g/mol. The van der Waals surface area contributed by atoms with Gasteiger partial charge in [0.2, 0.25) is 5.95 Å². The van der Waals surface area contributed by atoms with Gasteiger partial charge >= 0.3 is 0 Å². The van der Waals surface area contributed by atoms with Crippen molar-refractivity contribution in [2.45, 2.75) is 71.4 Å². The van der Waals surface area contributed by atoms with Crippen LogP contribution in [0.25, 0.3) is 0 Å². The molecule has 1 atom stereocenters. The number of aromatic nitrogens is 3. The highest BCUT2D eigenvalue weighted by atomic mass is 16.1. The van der Waals surface area contributed by atoms with Crippen LogP contribution in [0.1, 0.15) is 68.2 Å². The SMILES string of the molecule is CC(C)NC(=O)c1cnc(Nc2ccc3c(c2)CC(N(C)C)CC3)nc1Nc1ccnc(C(C)(C)C)c1. The van der Waals surface area contributed by atoms with Gasteiger partial charge in [-0.1, -0.05) is 26.8 Å². The van der Waals surface area contributed by atoms with Gasteiger partial charge in [0, 0.05) is 47.0 Å². The molecule has 3 N–H and O–H groups in total. The van der Waals surface area contributed by atoms with Crippen molar-refractivity contribution in [1.82, 2.24) is 25.2 Å². The van der Waals surface area contributed by atoms with Crippen LogP contribution in [0.15, 0.2) is 42.7 Å². The molecule has 0 radical (unpaired) electrons. The monoisotopic (exact) mass is 501 g/mol. The van der Waals surface area contributed by atoms with E-state index in [2.05, 4.69) is 83.9 Å². The van der Waals surface area contributed by atoms with Gasteiger partial charge in [0.25, 0.3) is 5.91 Å². The molecule has 0 saturated heterocycles. The van der Waals surface area contributed by atoms with E-state index in [0.29, 0.717) is 23.4 Å². The van der Waals surface area contributed by atoms with Gasteiger partial charge in [0.15, 0.2) is 0 Å². The molecule has 0 saturated carbocycles. The summed E-state index contributed by atoms with van der Waals surface area (Å²) in [5, 5.41) is 9.62. The van der Waals surface area contributed by atoms with Crippen LogP contribution >= 0.6 is 0 Å². The Kier molecular flexibility index (Phi) is 7.78. The van der Waals surface area contributed by atoms with Crippen LogP contribution in [0.4, 0.5) is 23.1 Å². The van der Waals surface area contributed by atoms with Crippen molar-refractivity contribution in [2.24, 2.45) is 0 Å². The molecule has 2 aromatic heterocycles. The number of hydrogen-bond donors (Lipinski definition) is 3. The first-order valence-electron chi connectivity index (χ1n) is 13.0. The number of anilines is 4. The lowest BCUT2D eigenvalue weighted by Gasteiger charge is -2.30. The molecule has 4 rings (SSSR count). The van der Waals surface area contributed by atoms with E-state index >= 15 is 0 Å². The quantitative estimate of drug-likeness (QED) is 0.409. The number of hydrogen-bond acceptors (Lipinski definition) is 7. The minimum Gasteiger partial charge on any atom is -0.350 e. The number of carbonyl (C=O) groups is 1. The lowest BCUT2D eigenvalue weighted by atomic mass is 9.87. The molecule has 37 heavy (non-hydrogen) atoms. The van der Waals surface area contributed by atoms with E-state index in [4.69, 9.17) is 4.98 Å². The Labute approximate surface area is 220 Å². The fourth-order valence-electron chi connectivity index (χ4n) is 4.48. The molecule has 1 unspecified atom stereocenters. The maximum absolute atomic E-state index is 12.9. The molecule has 0 fully saturated rings. The summed E-state index contributed by atoms with van der Waals surface area (Å²) in [6, 6.07) is 10.9. The van der Waals surface area contributed by atoms with Gasteiger partial charge in [-0.05, 0) is 82.6 Å². The Balaban J connectivity index is 1.63. The van der Waals surface area contributed by atoms with E-state index in [0.717, 1.165) is 29.9 Å². The molecule has 1 aliphatic carbocycles. The Bertz CT molecular complexity index is 1260. The Morgan fingerprint density at radius 2 is 1.78 bits per heavy atom. The zero-order valence-corrected chi connectivity index (χ0v) is 23.0. The van der Waals surface area contributed by atoms with Crippen LogP contribution in [0.2, 0.25) is 0 Å². The van der Waals surface area contributed by atoms with E-state index in [9.17, 15) is 4.79 Å². The van der Waals surface area contributed by atoms with Crippen molar-refractivity contribution in [2.75, 3.05) is 24.7 Å². The lowest BCUT2D eigenvalue weighted by Crippen LogP contribution is -2.33. The van der Waals surface area contributed by atoms with Gasteiger partial charge in [0.1, 0.15) is 11.4 Å². The molecule has 196 valence electrons. The number of amides is 1. The van der Waals surface area contributed by atoms with Gasteiger partial charge in [-0.2, -0.15) is 4.98 Å². The summed E-state index contributed by atoms with van der Waals surface area (Å²) >= 11 is 0. The maximum Gasteiger partial charge on any atom is 0.256 e. The van der Waals surface area contributed by atoms with Crippen molar-refractivity contribution in [3.63, 3.8) is 0 Å². The predicted octanol–water partition coefficient (Wildman–Crippen LogP) is 5.21. The first-order valence-corrected chi connectivity index (χ1v) is 13.0. The molecule has 8 nitrogen and oxygen atoms in total. The first-order chi connectivity index (χ1) is 17.5. The average Bonchev–Trinajstić information content (AvgIpc) is 2.83. The number of aryl methyl sites for hydroxylation is 1. The van der Waals surface area contributed by atoms with Gasteiger partial charge in [-0.25, -0.2) is 4.98 Å². The van der Waals surface area contributed by atoms with Crippen molar-refractivity contribution in [3.05, 3.63) is 65.1 Å². The Morgan fingerprint density at radius 3 is 2.49 bits per heavy atom. The third-order valence-corrected chi connectivity index (χ3v) is 6.64. The van der Waals surface area contributed by atoms with Crippen LogP contribution < -0.4 is 16.0 Å². The molecule has 1 aliphatic rings. The topological polar surface area (TPSA) is 95.1 Å². The third kappa shape index (κ3) is 6.63. The van der Waals surface area contributed by atoms with Crippen LogP contribution in [0, 0.1) is 0 Å². The van der Waals surface area contributed by atoms with Gasteiger partial charge in [-0.3, -0.25) is 9.78 Å². The zero-order valence-electron chi connectivity index (χ0n) is 23.0. The van der Waals surface area contributed by atoms with Crippen LogP contribution in [0.3, 0.4) is 0 Å². The van der Waals surface area contributed by atoms with Crippen LogP contribution in [-0.2, 0) is 18.3 Å². The maximum atomic E-state index is 12.9. The summed E-state index contributed by atoms with van der Waals surface area (Å²) in [6.07, 6.45) is 6.63. The van der Waals surface area contributed by atoms with Crippen molar-refractivity contribution >= 4 is 29.0 Å². The van der Waals surface area contributed by atoms with E-state index in [1.165, 1.54) is 17.5 Å². The van der Waals surface area contributed by atoms with E-state index in [-0.39, 0.29) is 17.4 Å². The molecule has 0 aliphatic heterocycles. The molecule has 0 spiro atoms. The zero-order chi connectivity index (χ0) is 26.7. The number of rotatable bonds is 7. The van der Waals surface area contributed by atoms with E-state index < -0.39 is 0 Å². The first kappa shape index (κ1) is 26.5. The van der Waals surface area contributed by atoms with Gasteiger partial charge in [0.05, 0.1) is 0 Å². The number of benzene rings is 1. The summed E-state index contributed by atoms with van der Waals surface area (Å²) < 4.78 is 0. The second-order valence-corrected chi connectivity index (χ2v) is 11.4. The highest BCUT2D eigenvalue weighted by molar-refractivity contribution is 5.99. The number of carbonyl (C=O) groups excluding carboxylic acids is 1. The van der Waals surface area contributed by atoms with Crippen molar-refractivity contribution in [1.29, 1.82) is 0 Å². The number of fused-ring (bicyclic) bond motifs is 1. The Hall–Kier alpha value is -3.52. The van der Waals surface area contributed by atoms with Crippen molar-refractivity contribution in [3.8, 4) is 0 Å². The summed E-state index contributed by atoms with van der Waals surface area (Å²) in [4.78, 5) is 28.9. The second-order valence-electron chi connectivity index (χ2n) is 11.4. The van der Waals surface area contributed by atoms with Gasteiger partial charge < -0.3 is 20.9 Å². The number of nitrogens with zero attached hydrogens (tertiary/aromatic N) is 4. The Morgan fingerprint density at radius 1 is 1.03 bits per heavy atom. The molecule has 1 aromatic carbocycles. The summed E-state index contributed by atoms with van der Waals surface area (Å²) in [6.45, 7) is 10.2. The number of likely N-dealkylation sites (N-methyl/N-ethyl adjacent to an activating group) is 1. The summed E-state index contributed by atoms with van der Waals surface area (Å²) in [5.41, 5.74) is 5.73. The highest BCUT2D eigenvalue weighted by Crippen LogP contribution is 2.29. The fraction of sp³-hybridized carbons (Fsp3) is 0.448. The largest absolute Gasteiger partial charge is 0.350 e. The summed E-state index contributed by atoms with van der Waals surface area (Å²) in [5.74, 6) is 0.638. The van der Waals surface area contributed by atoms with Crippen molar-refractivity contribution < 1.29 is 4.79 Å². The highest BCUT2D eigenvalue weighted by Gasteiger charge is 2.21. The molecule has 8 heteroatoms. The molecule has 1 amide bonds. The van der Waals surface area contributed by atoms with Crippen LogP contribution in [0.5, 0.6) is 0 Å². The molecule has 3 aromatic rings. The number of nitrogens with one attached hydrogen (secondary N) is 3.